The third-order valence-corrected chi connectivity index (χ3v) is 3.48. The molecular formula is C13H15N3. The second kappa shape index (κ2) is 3.46. The van der Waals surface area contributed by atoms with Crippen molar-refractivity contribution < 1.29 is 0 Å². The molecule has 1 unspecified atom stereocenters. The van der Waals surface area contributed by atoms with E-state index in [4.69, 9.17) is 5.73 Å². The molecular weight excluding hydrogens is 198 g/mol. The van der Waals surface area contributed by atoms with Crippen molar-refractivity contribution in [2.75, 3.05) is 0 Å². The molecule has 2 aromatic rings. The van der Waals surface area contributed by atoms with Gasteiger partial charge < -0.3 is 5.73 Å². The van der Waals surface area contributed by atoms with Crippen molar-refractivity contribution in [1.29, 1.82) is 0 Å². The molecule has 1 aromatic carbocycles. The number of hydrogen-bond acceptors (Lipinski definition) is 2. The molecule has 16 heavy (non-hydrogen) atoms. The summed E-state index contributed by atoms with van der Waals surface area (Å²) in [4.78, 5) is 0. The molecule has 82 valence electrons. The van der Waals surface area contributed by atoms with Crippen LogP contribution in [0.25, 0.3) is 0 Å². The number of hydrogen-bond donors (Lipinski definition) is 2. The molecule has 0 saturated heterocycles. The van der Waals surface area contributed by atoms with E-state index in [2.05, 4.69) is 34.5 Å². The second-order valence-electron chi connectivity index (χ2n) is 4.57. The van der Waals surface area contributed by atoms with Gasteiger partial charge in [-0.15, -0.1) is 0 Å². The highest BCUT2D eigenvalue weighted by Crippen LogP contribution is 2.33. The van der Waals surface area contributed by atoms with Gasteiger partial charge in [-0.25, -0.2) is 0 Å². The minimum atomic E-state index is -0.224. The normalized spacial score (nSPS) is 24.1. The van der Waals surface area contributed by atoms with Crippen molar-refractivity contribution in [2.24, 2.45) is 5.73 Å². The van der Waals surface area contributed by atoms with E-state index in [1.54, 1.807) is 0 Å². The third kappa shape index (κ3) is 1.44. The highest BCUT2D eigenvalue weighted by Gasteiger charge is 2.32. The number of nitrogens with two attached hydrogens (primary N) is 1. The number of aryl methyl sites for hydroxylation is 1. The number of aromatic amines is 1. The van der Waals surface area contributed by atoms with Gasteiger partial charge in [0.05, 0.1) is 6.20 Å². The van der Waals surface area contributed by atoms with Gasteiger partial charge in [-0.05, 0) is 30.4 Å². The number of aromatic nitrogens is 2. The maximum Gasteiger partial charge on any atom is 0.0522 e. The Morgan fingerprint density at radius 1 is 1.25 bits per heavy atom. The molecule has 0 amide bonds. The molecule has 1 aliphatic carbocycles. The summed E-state index contributed by atoms with van der Waals surface area (Å²) in [7, 11) is 0. The summed E-state index contributed by atoms with van der Waals surface area (Å²) in [5.74, 6) is 0. The first-order chi connectivity index (χ1) is 7.78. The number of nitrogens with one attached hydrogen (secondary N) is 1. The first kappa shape index (κ1) is 9.60. The quantitative estimate of drug-likeness (QED) is 0.758. The monoisotopic (exact) mass is 213 g/mol. The Morgan fingerprint density at radius 3 is 2.88 bits per heavy atom. The Bertz CT molecular complexity index is 489. The lowest BCUT2D eigenvalue weighted by Crippen LogP contribution is -2.41. The highest BCUT2D eigenvalue weighted by molar-refractivity contribution is 5.32. The summed E-state index contributed by atoms with van der Waals surface area (Å²) in [6.45, 7) is 0. The number of benzene rings is 1. The maximum absolute atomic E-state index is 6.51. The van der Waals surface area contributed by atoms with Gasteiger partial charge in [0.2, 0.25) is 0 Å². The third-order valence-electron chi connectivity index (χ3n) is 3.48. The average molecular weight is 213 g/mol. The zero-order valence-electron chi connectivity index (χ0n) is 9.11. The lowest BCUT2D eigenvalue weighted by Gasteiger charge is -2.33. The summed E-state index contributed by atoms with van der Waals surface area (Å²) in [6.07, 6.45) is 4.74. The Hall–Kier alpha value is -1.61. The molecule has 0 fully saturated rings. The van der Waals surface area contributed by atoms with Gasteiger partial charge in [0.15, 0.2) is 0 Å². The Labute approximate surface area is 94.7 Å². The minimum Gasteiger partial charge on any atom is -0.321 e. The van der Waals surface area contributed by atoms with Crippen molar-refractivity contribution in [3.63, 3.8) is 0 Å². The fraction of sp³-hybridized carbons (Fsp3) is 0.308. The molecule has 0 spiro atoms. The Kier molecular flexibility index (Phi) is 2.07. The predicted octanol–water partition coefficient (Wildman–Crippen LogP) is 1.75. The van der Waals surface area contributed by atoms with Crippen LogP contribution in [0.15, 0.2) is 36.5 Å². The van der Waals surface area contributed by atoms with Gasteiger partial charge in [-0.2, -0.15) is 5.10 Å². The predicted molar refractivity (Wildman–Crippen MR) is 62.9 cm³/mol. The fourth-order valence-corrected chi connectivity index (χ4v) is 2.50. The van der Waals surface area contributed by atoms with Crippen LogP contribution < -0.4 is 5.73 Å². The smallest absolute Gasteiger partial charge is 0.0522 e. The number of H-pyrrole nitrogens is 1. The molecule has 3 heteroatoms. The number of fused-ring (bicyclic) bond motifs is 1. The van der Waals surface area contributed by atoms with Crippen LogP contribution in [-0.2, 0) is 18.4 Å². The van der Waals surface area contributed by atoms with Crippen molar-refractivity contribution in [3.8, 4) is 0 Å². The van der Waals surface area contributed by atoms with Crippen LogP contribution in [-0.4, -0.2) is 10.2 Å². The van der Waals surface area contributed by atoms with E-state index in [-0.39, 0.29) is 5.54 Å². The SMILES string of the molecule is NC1(c2ccccc2)CCc2[nH]ncc2C1. The summed E-state index contributed by atoms with van der Waals surface area (Å²) in [6, 6.07) is 10.4. The largest absolute Gasteiger partial charge is 0.321 e. The second-order valence-corrected chi connectivity index (χ2v) is 4.57. The zero-order valence-corrected chi connectivity index (χ0v) is 9.11. The van der Waals surface area contributed by atoms with Crippen LogP contribution in [0.1, 0.15) is 23.2 Å². The van der Waals surface area contributed by atoms with E-state index in [0.29, 0.717) is 0 Å². The van der Waals surface area contributed by atoms with Gasteiger partial charge >= 0.3 is 0 Å². The molecule has 1 atom stereocenters. The van der Waals surface area contributed by atoms with Crippen LogP contribution >= 0.6 is 0 Å². The molecule has 3 nitrogen and oxygen atoms in total. The first-order valence-electron chi connectivity index (χ1n) is 5.63. The summed E-state index contributed by atoms with van der Waals surface area (Å²) in [5.41, 5.74) is 10.0. The molecule has 0 saturated carbocycles. The van der Waals surface area contributed by atoms with Crippen LogP contribution in [0.3, 0.4) is 0 Å². The Balaban J connectivity index is 1.98. The lowest BCUT2D eigenvalue weighted by molar-refractivity contribution is 0.383. The molecule has 0 aliphatic heterocycles. The van der Waals surface area contributed by atoms with E-state index in [1.807, 2.05) is 12.3 Å². The van der Waals surface area contributed by atoms with Gasteiger partial charge in [0, 0.05) is 11.2 Å². The van der Waals surface area contributed by atoms with Crippen molar-refractivity contribution in [1.82, 2.24) is 10.2 Å². The van der Waals surface area contributed by atoms with Gasteiger partial charge in [-0.1, -0.05) is 30.3 Å². The highest BCUT2D eigenvalue weighted by atomic mass is 15.1. The molecule has 1 aliphatic rings. The summed E-state index contributed by atoms with van der Waals surface area (Å²) < 4.78 is 0. The van der Waals surface area contributed by atoms with E-state index in [0.717, 1.165) is 19.3 Å². The van der Waals surface area contributed by atoms with E-state index in [9.17, 15) is 0 Å². The van der Waals surface area contributed by atoms with Gasteiger partial charge in [0.1, 0.15) is 0 Å². The van der Waals surface area contributed by atoms with Gasteiger partial charge in [-0.3, -0.25) is 5.10 Å². The molecule has 1 heterocycles. The Morgan fingerprint density at radius 2 is 2.06 bits per heavy atom. The van der Waals surface area contributed by atoms with E-state index in [1.165, 1.54) is 16.8 Å². The molecule has 3 N–H and O–H groups in total. The van der Waals surface area contributed by atoms with Crippen LogP contribution in [0.2, 0.25) is 0 Å². The maximum atomic E-state index is 6.51. The molecule has 3 rings (SSSR count). The standard InChI is InChI=1S/C13H15N3/c14-13(11-4-2-1-3-5-11)7-6-12-10(8-13)9-15-16-12/h1-5,9H,6-8,14H2,(H,15,16). The molecule has 0 radical (unpaired) electrons. The number of nitrogens with zero attached hydrogens (tertiary/aromatic N) is 1. The van der Waals surface area contributed by atoms with Crippen LogP contribution in [0.4, 0.5) is 0 Å². The minimum absolute atomic E-state index is 0.224. The fourth-order valence-electron chi connectivity index (χ4n) is 2.50. The molecule has 1 aromatic heterocycles. The van der Waals surface area contributed by atoms with Crippen LogP contribution in [0, 0.1) is 0 Å². The lowest BCUT2D eigenvalue weighted by atomic mass is 9.77. The average Bonchev–Trinajstić information content (AvgIpc) is 2.77. The summed E-state index contributed by atoms with van der Waals surface area (Å²) >= 11 is 0. The zero-order chi connectivity index (χ0) is 11.0. The topological polar surface area (TPSA) is 54.7 Å². The number of rotatable bonds is 1. The van der Waals surface area contributed by atoms with Crippen molar-refractivity contribution >= 4 is 0 Å². The van der Waals surface area contributed by atoms with E-state index >= 15 is 0 Å². The van der Waals surface area contributed by atoms with E-state index < -0.39 is 0 Å². The van der Waals surface area contributed by atoms with Gasteiger partial charge in [0.25, 0.3) is 0 Å². The van der Waals surface area contributed by atoms with Crippen LogP contribution in [0.5, 0.6) is 0 Å². The van der Waals surface area contributed by atoms with Crippen molar-refractivity contribution in [3.05, 3.63) is 53.3 Å². The molecule has 0 bridgehead atoms. The summed E-state index contributed by atoms with van der Waals surface area (Å²) in [5, 5.41) is 7.12. The first-order valence-corrected chi connectivity index (χ1v) is 5.63. The van der Waals surface area contributed by atoms with Crippen molar-refractivity contribution in [2.45, 2.75) is 24.8 Å².